The molecule has 0 amide bonds. The van der Waals surface area contributed by atoms with Crippen LogP contribution in [0.2, 0.25) is 0 Å². The Morgan fingerprint density at radius 1 is 1.38 bits per heavy atom. The van der Waals surface area contributed by atoms with Gasteiger partial charge in [0.15, 0.2) is 0 Å². The van der Waals surface area contributed by atoms with Gasteiger partial charge in [0.1, 0.15) is 6.61 Å². The zero-order valence-corrected chi connectivity index (χ0v) is 7.91. The van der Waals surface area contributed by atoms with E-state index in [2.05, 4.69) is 4.98 Å². The Balaban J connectivity index is 2.53. The molecule has 4 heteroatoms. The van der Waals surface area contributed by atoms with E-state index >= 15 is 0 Å². The number of methoxy groups -OCH3 is 1. The number of pyridine rings is 1. The van der Waals surface area contributed by atoms with Crippen molar-refractivity contribution < 1.29 is 9.47 Å². The van der Waals surface area contributed by atoms with Crippen LogP contribution in [0.15, 0.2) is 12.1 Å². The van der Waals surface area contributed by atoms with Crippen molar-refractivity contribution in [1.82, 2.24) is 4.98 Å². The summed E-state index contributed by atoms with van der Waals surface area (Å²) >= 11 is 0. The lowest BCUT2D eigenvalue weighted by atomic mass is 10.3. The molecule has 0 bridgehead atoms. The van der Waals surface area contributed by atoms with E-state index in [4.69, 9.17) is 15.2 Å². The van der Waals surface area contributed by atoms with Crippen LogP contribution in [0.4, 0.5) is 5.69 Å². The SMILES string of the molecule is COCCOc1ccc(N)c(C)n1. The highest BCUT2D eigenvalue weighted by atomic mass is 16.5. The first-order valence-corrected chi connectivity index (χ1v) is 4.09. The summed E-state index contributed by atoms with van der Waals surface area (Å²) in [5.41, 5.74) is 7.07. The largest absolute Gasteiger partial charge is 0.475 e. The van der Waals surface area contributed by atoms with Gasteiger partial charge >= 0.3 is 0 Å². The predicted octanol–water partition coefficient (Wildman–Crippen LogP) is 0.997. The Hall–Kier alpha value is -1.29. The van der Waals surface area contributed by atoms with Gasteiger partial charge in [-0.2, -0.15) is 0 Å². The summed E-state index contributed by atoms with van der Waals surface area (Å²) in [4.78, 5) is 4.14. The van der Waals surface area contributed by atoms with Crippen molar-refractivity contribution in [3.8, 4) is 5.88 Å². The van der Waals surface area contributed by atoms with Crippen molar-refractivity contribution in [2.24, 2.45) is 0 Å². The molecule has 0 aromatic carbocycles. The van der Waals surface area contributed by atoms with Gasteiger partial charge in [0.2, 0.25) is 5.88 Å². The molecule has 0 spiro atoms. The van der Waals surface area contributed by atoms with Gasteiger partial charge in [-0.05, 0) is 13.0 Å². The van der Waals surface area contributed by atoms with Crippen LogP contribution in [-0.2, 0) is 4.74 Å². The van der Waals surface area contributed by atoms with Gasteiger partial charge < -0.3 is 15.2 Å². The highest BCUT2D eigenvalue weighted by Crippen LogP contribution is 2.13. The minimum atomic E-state index is 0.507. The van der Waals surface area contributed by atoms with Crippen molar-refractivity contribution in [3.63, 3.8) is 0 Å². The van der Waals surface area contributed by atoms with Crippen LogP contribution in [0.5, 0.6) is 5.88 Å². The van der Waals surface area contributed by atoms with Gasteiger partial charge in [0.25, 0.3) is 0 Å². The van der Waals surface area contributed by atoms with Gasteiger partial charge in [-0.15, -0.1) is 0 Å². The highest BCUT2D eigenvalue weighted by molar-refractivity contribution is 5.43. The second kappa shape index (κ2) is 4.67. The van der Waals surface area contributed by atoms with E-state index in [9.17, 15) is 0 Å². The topological polar surface area (TPSA) is 57.4 Å². The average molecular weight is 182 g/mol. The molecule has 2 N–H and O–H groups in total. The summed E-state index contributed by atoms with van der Waals surface area (Å²) < 4.78 is 10.1. The summed E-state index contributed by atoms with van der Waals surface area (Å²) in [5, 5.41) is 0. The van der Waals surface area contributed by atoms with E-state index in [1.807, 2.05) is 6.92 Å². The molecule has 1 aromatic rings. The number of nitrogen functional groups attached to an aromatic ring is 1. The van der Waals surface area contributed by atoms with Crippen LogP contribution in [0.25, 0.3) is 0 Å². The fourth-order valence-corrected chi connectivity index (χ4v) is 0.859. The number of anilines is 1. The predicted molar refractivity (Wildman–Crippen MR) is 50.8 cm³/mol. The second-order valence-corrected chi connectivity index (χ2v) is 2.67. The molecule has 0 aliphatic carbocycles. The molecule has 72 valence electrons. The molecule has 1 rings (SSSR count). The van der Waals surface area contributed by atoms with Crippen LogP contribution in [-0.4, -0.2) is 25.3 Å². The molecule has 0 saturated heterocycles. The molecule has 0 saturated carbocycles. The lowest BCUT2D eigenvalue weighted by Gasteiger charge is -2.05. The number of aryl methyl sites for hydroxylation is 1. The Bertz CT molecular complexity index is 276. The van der Waals surface area contributed by atoms with Crippen LogP contribution >= 0.6 is 0 Å². The molecular weight excluding hydrogens is 168 g/mol. The quantitative estimate of drug-likeness (QED) is 0.706. The van der Waals surface area contributed by atoms with Gasteiger partial charge in [-0.25, -0.2) is 4.98 Å². The standard InChI is InChI=1S/C9H14N2O2/c1-7-8(10)3-4-9(11-7)13-6-5-12-2/h3-4H,5-6,10H2,1-2H3. The van der Waals surface area contributed by atoms with Gasteiger partial charge in [-0.1, -0.05) is 0 Å². The molecule has 0 radical (unpaired) electrons. The fourth-order valence-electron chi connectivity index (χ4n) is 0.859. The smallest absolute Gasteiger partial charge is 0.213 e. The first kappa shape index (κ1) is 9.80. The van der Waals surface area contributed by atoms with E-state index < -0.39 is 0 Å². The van der Waals surface area contributed by atoms with E-state index in [1.54, 1.807) is 19.2 Å². The van der Waals surface area contributed by atoms with E-state index in [0.717, 1.165) is 5.69 Å². The zero-order chi connectivity index (χ0) is 9.68. The van der Waals surface area contributed by atoms with Crippen LogP contribution < -0.4 is 10.5 Å². The second-order valence-electron chi connectivity index (χ2n) is 2.67. The van der Waals surface area contributed by atoms with Crippen LogP contribution in [0.1, 0.15) is 5.69 Å². The van der Waals surface area contributed by atoms with Gasteiger partial charge in [0, 0.05) is 13.2 Å². The minimum absolute atomic E-state index is 0.507. The summed E-state index contributed by atoms with van der Waals surface area (Å²) in [7, 11) is 1.63. The maximum Gasteiger partial charge on any atom is 0.213 e. The van der Waals surface area contributed by atoms with Crippen molar-refractivity contribution in [3.05, 3.63) is 17.8 Å². The minimum Gasteiger partial charge on any atom is -0.475 e. The van der Waals surface area contributed by atoms with Gasteiger partial charge in [-0.3, -0.25) is 0 Å². The summed E-state index contributed by atoms with van der Waals surface area (Å²) in [5.74, 6) is 0.587. The molecule has 4 nitrogen and oxygen atoms in total. The summed E-state index contributed by atoms with van der Waals surface area (Å²) in [6.07, 6.45) is 0. The number of rotatable bonds is 4. The normalized spacial score (nSPS) is 10.0. The third-order valence-corrected chi connectivity index (χ3v) is 1.64. The van der Waals surface area contributed by atoms with E-state index in [-0.39, 0.29) is 0 Å². The fraction of sp³-hybridized carbons (Fsp3) is 0.444. The van der Waals surface area contributed by atoms with Crippen molar-refractivity contribution in [1.29, 1.82) is 0 Å². The zero-order valence-electron chi connectivity index (χ0n) is 7.91. The molecule has 0 aliphatic rings. The maximum atomic E-state index is 5.60. The molecule has 0 fully saturated rings. The third-order valence-electron chi connectivity index (χ3n) is 1.64. The number of nitrogens with zero attached hydrogens (tertiary/aromatic N) is 1. The Labute approximate surface area is 77.7 Å². The molecule has 1 heterocycles. The number of hydrogen-bond donors (Lipinski definition) is 1. The van der Waals surface area contributed by atoms with Crippen molar-refractivity contribution in [2.75, 3.05) is 26.1 Å². The summed E-state index contributed by atoms with van der Waals surface area (Å²) in [6, 6.07) is 3.53. The van der Waals surface area contributed by atoms with Gasteiger partial charge in [0.05, 0.1) is 18.0 Å². The first-order chi connectivity index (χ1) is 6.24. The highest BCUT2D eigenvalue weighted by Gasteiger charge is 1.98. The van der Waals surface area contributed by atoms with Crippen LogP contribution in [0.3, 0.4) is 0 Å². The Morgan fingerprint density at radius 2 is 2.15 bits per heavy atom. The third kappa shape index (κ3) is 2.91. The number of ether oxygens (including phenoxy) is 2. The molecule has 1 aromatic heterocycles. The lowest BCUT2D eigenvalue weighted by Crippen LogP contribution is -2.06. The molecule has 0 unspecified atom stereocenters. The summed E-state index contributed by atoms with van der Waals surface area (Å²) in [6.45, 7) is 2.91. The Morgan fingerprint density at radius 3 is 2.77 bits per heavy atom. The van der Waals surface area contributed by atoms with Crippen LogP contribution in [0, 0.1) is 6.92 Å². The molecule has 0 aliphatic heterocycles. The number of hydrogen-bond acceptors (Lipinski definition) is 4. The lowest BCUT2D eigenvalue weighted by molar-refractivity contribution is 0.143. The number of nitrogens with two attached hydrogens (primary N) is 1. The average Bonchev–Trinajstić information content (AvgIpc) is 2.12. The number of aromatic nitrogens is 1. The molecule has 0 atom stereocenters. The van der Waals surface area contributed by atoms with E-state index in [0.29, 0.717) is 24.8 Å². The maximum absolute atomic E-state index is 5.60. The first-order valence-electron chi connectivity index (χ1n) is 4.09. The van der Waals surface area contributed by atoms with Crippen molar-refractivity contribution >= 4 is 5.69 Å². The van der Waals surface area contributed by atoms with E-state index in [1.165, 1.54) is 0 Å². The molecular formula is C9H14N2O2. The Kier molecular flexibility index (Phi) is 3.52. The molecule has 13 heavy (non-hydrogen) atoms. The van der Waals surface area contributed by atoms with Crippen molar-refractivity contribution in [2.45, 2.75) is 6.92 Å². The monoisotopic (exact) mass is 182 g/mol.